The molecule has 0 bridgehead atoms. The van der Waals surface area contributed by atoms with Crippen molar-refractivity contribution in [2.75, 3.05) is 0 Å². The van der Waals surface area contributed by atoms with Crippen LogP contribution in [0.1, 0.15) is 47.2 Å². The molecule has 0 saturated heterocycles. The van der Waals surface area contributed by atoms with Crippen molar-refractivity contribution in [2.24, 2.45) is 0 Å². The van der Waals surface area contributed by atoms with Gasteiger partial charge in [-0.05, 0) is 113 Å². The third-order valence-corrected chi connectivity index (χ3v) is 11.6. The fourth-order valence-electron chi connectivity index (χ4n) is 9.21. The van der Waals surface area contributed by atoms with Crippen molar-refractivity contribution < 1.29 is 0 Å². The van der Waals surface area contributed by atoms with E-state index in [9.17, 15) is 0 Å². The molecule has 8 aromatic carbocycles. The third kappa shape index (κ3) is 3.87. The summed E-state index contributed by atoms with van der Waals surface area (Å²) in [5, 5.41) is 5.74. The second-order valence-corrected chi connectivity index (χ2v) is 14.6. The van der Waals surface area contributed by atoms with E-state index in [0.29, 0.717) is 0 Å². The monoisotopic (exact) mass is 644 g/mol. The first-order valence-corrected chi connectivity index (χ1v) is 17.5. The van der Waals surface area contributed by atoms with Crippen LogP contribution in [0.15, 0.2) is 164 Å². The van der Waals surface area contributed by atoms with Crippen LogP contribution in [-0.2, 0) is 10.8 Å². The molecule has 0 fully saturated rings. The van der Waals surface area contributed by atoms with Gasteiger partial charge in [0.05, 0.1) is 5.41 Å². The molecular weight excluding hydrogens is 612 g/mol. The fourth-order valence-corrected chi connectivity index (χ4v) is 9.38. The maximum absolute atomic E-state index is 7.02. The lowest BCUT2D eigenvalue weighted by atomic mass is 9.53. The first kappa shape index (κ1) is 28.6. The molecule has 0 saturated carbocycles. The number of halogens is 1. The SMILES string of the molecule is CC1(C)c2cccc(-c3ccc4ccccc4c3)c2C2(c3ccccc3-c3ccc(Cl)cc32)c2c(-c3ccc4ccccc4c3)cccc21. The Hall–Kier alpha value is -5.43. The van der Waals surface area contributed by atoms with Gasteiger partial charge in [0.1, 0.15) is 0 Å². The average Bonchev–Trinajstić information content (AvgIpc) is 3.42. The molecule has 8 aromatic rings. The highest BCUT2D eigenvalue weighted by molar-refractivity contribution is 6.30. The van der Waals surface area contributed by atoms with E-state index in [-0.39, 0.29) is 5.41 Å². The Morgan fingerprint density at radius 2 is 0.837 bits per heavy atom. The van der Waals surface area contributed by atoms with Gasteiger partial charge in [-0.1, -0.05) is 165 Å². The first-order valence-electron chi connectivity index (χ1n) is 17.1. The molecule has 0 N–H and O–H groups in total. The van der Waals surface area contributed by atoms with E-state index in [2.05, 4.69) is 178 Å². The summed E-state index contributed by atoms with van der Waals surface area (Å²) in [6.45, 7) is 4.82. The minimum absolute atomic E-state index is 0.272. The van der Waals surface area contributed by atoms with Crippen LogP contribution in [0.5, 0.6) is 0 Å². The van der Waals surface area contributed by atoms with Crippen LogP contribution in [0, 0.1) is 0 Å². The fraction of sp³-hybridized carbons (Fsp3) is 0.0833. The maximum Gasteiger partial charge on any atom is 0.0732 e. The van der Waals surface area contributed by atoms with Gasteiger partial charge in [0.15, 0.2) is 0 Å². The Morgan fingerprint density at radius 3 is 1.43 bits per heavy atom. The predicted octanol–water partition coefficient (Wildman–Crippen LogP) is 13.0. The van der Waals surface area contributed by atoms with Gasteiger partial charge in [0.25, 0.3) is 0 Å². The molecule has 0 aliphatic heterocycles. The topological polar surface area (TPSA) is 0 Å². The molecule has 0 atom stereocenters. The highest BCUT2D eigenvalue weighted by Gasteiger charge is 2.55. The summed E-state index contributed by atoms with van der Waals surface area (Å²) in [4.78, 5) is 0. The summed E-state index contributed by atoms with van der Waals surface area (Å²) in [6, 6.07) is 60.8. The quantitative estimate of drug-likeness (QED) is 0.176. The molecule has 0 heterocycles. The third-order valence-electron chi connectivity index (χ3n) is 11.4. The van der Waals surface area contributed by atoms with E-state index < -0.39 is 5.41 Å². The second-order valence-electron chi connectivity index (χ2n) is 14.2. The molecule has 1 heteroatoms. The molecule has 2 aliphatic rings. The van der Waals surface area contributed by atoms with E-state index in [1.807, 2.05) is 0 Å². The van der Waals surface area contributed by atoms with Crippen molar-refractivity contribution >= 4 is 33.1 Å². The zero-order valence-corrected chi connectivity index (χ0v) is 28.2. The Bertz CT molecular complexity index is 2520. The minimum Gasteiger partial charge on any atom is -0.0843 e. The van der Waals surface area contributed by atoms with Crippen LogP contribution < -0.4 is 0 Å². The molecule has 0 unspecified atom stereocenters. The standard InChI is InChI=1S/C48H33Cl/c1-47(2)42-19-9-16-37(34-23-21-30-11-3-5-13-32(30)27-34)45(42)48(41-18-8-7-15-39(41)40-26-25-36(49)29-44(40)48)46-38(17-10-20-43(46)47)35-24-22-31-12-4-6-14-33(31)28-35/h3-29H,1-2H3. The molecule has 0 radical (unpaired) electrons. The maximum atomic E-state index is 7.02. The van der Waals surface area contributed by atoms with E-state index in [0.717, 1.165) is 5.02 Å². The van der Waals surface area contributed by atoms with Gasteiger partial charge in [-0.15, -0.1) is 0 Å². The summed E-state index contributed by atoms with van der Waals surface area (Å²) >= 11 is 7.02. The number of fused-ring (bicyclic) bond motifs is 11. The van der Waals surface area contributed by atoms with Gasteiger partial charge in [0, 0.05) is 10.4 Å². The van der Waals surface area contributed by atoms with Gasteiger partial charge >= 0.3 is 0 Å². The molecule has 2 aliphatic carbocycles. The first-order chi connectivity index (χ1) is 24.0. The molecule has 0 aromatic heterocycles. The van der Waals surface area contributed by atoms with E-state index in [1.54, 1.807) is 0 Å². The van der Waals surface area contributed by atoms with Gasteiger partial charge in [-0.3, -0.25) is 0 Å². The Labute approximate surface area is 292 Å². The van der Waals surface area contributed by atoms with Crippen LogP contribution in [-0.4, -0.2) is 0 Å². The summed E-state index contributed by atoms with van der Waals surface area (Å²) in [6.07, 6.45) is 0. The minimum atomic E-state index is -0.610. The molecule has 232 valence electrons. The predicted molar refractivity (Wildman–Crippen MR) is 207 cm³/mol. The lowest BCUT2D eigenvalue weighted by molar-refractivity contribution is 0.565. The lowest BCUT2D eigenvalue weighted by Crippen LogP contribution is -2.41. The van der Waals surface area contributed by atoms with Gasteiger partial charge in [-0.2, -0.15) is 0 Å². The number of hydrogen-bond acceptors (Lipinski definition) is 0. The lowest BCUT2D eigenvalue weighted by Gasteiger charge is -2.48. The van der Waals surface area contributed by atoms with Crippen molar-refractivity contribution in [3.63, 3.8) is 0 Å². The van der Waals surface area contributed by atoms with Crippen LogP contribution >= 0.6 is 11.6 Å². The Kier molecular flexibility index (Phi) is 6.00. The van der Waals surface area contributed by atoms with Gasteiger partial charge in [0.2, 0.25) is 0 Å². The van der Waals surface area contributed by atoms with Crippen LogP contribution in [0.4, 0.5) is 0 Å². The number of benzene rings is 8. The smallest absolute Gasteiger partial charge is 0.0732 e. The van der Waals surface area contributed by atoms with Crippen molar-refractivity contribution in [1.29, 1.82) is 0 Å². The molecule has 0 nitrogen and oxygen atoms in total. The van der Waals surface area contributed by atoms with Crippen LogP contribution in [0.25, 0.3) is 54.9 Å². The number of rotatable bonds is 2. The van der Waals surface area contributed by atoms with Crippen LogP contribution in [0.3, 0.4) is 0 Å². The summed E-state index contributed by atoms with van der Waals surface area (Å²) in [7, 11) is 0. The van der Waals surface area contributed by atoms with Gasteiger partial charge < -0.3 is 0 Å². The zero-order valence-electron chi connectivity index (χ0n) is 27.5. The van der Waals surface area contributed by atoms with Crippen LogP contribution in [0.2, 0.25) is 5.02 Å². The van der Waals surface area contributed by atoms with Crippen molar-refractivity contribution in [1.82, 2.24) is 0 Å². The van der Waals surface area contributed by atoms with Crippen molar-refractivity contribution in [2.45, 2.75) is 24.7 Å². The summed E-state index contributed by atoms with van der Waals surface area (Å²) in [5.41, 5.74) is 14.6. The van der Waals surface area contributed by atoms with E-state index >= 15 is 0 Å². The second kappa shape index (κ2) is 10.3. The summed E-state index contributed by atoms with van der Waals surface area (Å²) in [5.74, 6) is 0. The molecule has 0 amide bonds. The van der Waals surface area contributed by atoms with E-state index in [1.165, 1.54) is 88.3 Å². The largest absolute Gasteiger partial charge is 0.0843 e. The molecular formula is C48H33Cl. The number of hydrogen-bond donors (Lipinski definition) is 0. The van der Waals surface area contributed by atoms with Gasteiger partial charge in [-0.25, -0.2) is 0 Å². The average molecular weight is 645 g/mol. The Balaban J connectivity index is 1.41. The molecule has 49 heavy (non-hydrogen) atoms. The van der Waals surface area contributed by atoms with Crippen molar-refractivity contribution in [3.8, 4) is 33.4 Å². The van der Waals surface area contributed by atoms with E-state index in [4.69, 9.17) is 11.6 Å². The molecule has 10 rings (SSSR count). The Morgan fingerprint density at radius 1 is 0.367 bits per heavy atom. The van der Waals surface area contributed by atoms with Crippen molar-refractivity contribution in [3.05, 3.63) is 202 Å². The summed E-state index contributed by atoms with van der Waals surface area (Å²) < 4.78 is 0. The highest BCUT2D eigenvalue weighted by atomic mass is 35.5. The zero-order chi connectivity index (χ0) is 32.9. The molecule has 1 spiro atoms. The highest BCUT2D eigenvalue weighted by Crippen LogP contribution is 2.65. The normalized spacial score (nSPS) is 14.8.